The summed E-state index contributed by atoms with van der Waals surface area (Å²) in [6, 6.07) is 0. The molecule has 1 nitrogen and oxygen atoms in total. The molecule has 2 atom stereocenters. The number of nitrogens with zero attached hydrogens (tertiary/aromatic N) is 1. The average molecular weight is 161 g/mol. The highest BCUT2D eigenvalue weighted by molar-refractivity contribution is 5.73. The molecular weight excluding hydrogens is 146 g/mol. The van der Waals surface area contributed by atoms with E-state index < -0.39 is 0 Å². The highest BCUT2D eigenvalue weighted by Gasteiger charge is 2.64. The summed E-state index contributed by atoms with van der Waals surface area (Å²) in [5.41, 5.74) is 1.48. The summed E-state index contributed by atoms with van der Waals surface area (Å²) in [5.74, 6) is 2.97. The molecule has 0 radical (unpaired) electrons. The minimum absolute atomic E-state index is 0.888. The third-order valence-electron chi connectivity index (χ3n) is 2.83. The second kappa shape index (κ2) is 2.89. The Morgan fingerprint density at radius 2 is 2.17 bits per heavy atom. The van der Waals surface area contributed by atoms with Gasteiger partial charge in [0.05, 0.1) is 0 Å². The molecule has 1 heteroatoms. The standard InChI is InChI=1S/C11H15N/c1-3-4-8(5-6-12-2)11-9-7-10(9)11/h3-6,9-11H,7H2,1-2H3/b4-3-,8-5+,12-6+. The SMILES string of the molecule is C\C=C/C(=C\C=N\C)C1C2CC21. The maximum atomic E-state index is 3.97. The third-order valence-corrected chi connectivity index (χ3v) is 2.83. The number of rotatable bonds is 3. The van der Waals surface area contributed by atoms with Crippen molar-refractivity contribution in [3.63, 3.8) is 0 Å². The highest BCUT2D eigenvalue weighted by atomic mass is 14.7. The molecule has 2 saturated carbocycles. The molecule has 0 aromatic carbocycles. The molecule has 2 fully saturated rings. The van der Waals surface area contributed by atoms with Gasteiger partial charge in [-0.15, -0.1) is 0 Å². The fraction of sp³-hybridized carbons (Fsp3) is 0.545. The molecule has 0 saturated heterocycles. The maximum absolute atomic E-state index is 3.97. The van der Waals surface area contributed by atoms with E-state index in [0.717, 1.165) is 17.8 Å². The van der Waals surface area contributed by atoms with E-state index in [9.17, 15) is 0 Å². The Bertz CT molecular complexity index is 252. The highest BCUT2D eigenvalue weighted by Crippen LogP contribution is 2.70. The van der Waals surface area contributed by atoms with Gasteiger partial charge in [0.15, 0.2) is 0 Å². The molecule has 0 heterocycles. The van der Waals surface area contributed by atoms with Gasteiger partial charge in [-0.1, -0.05) is 12.2 Å². The number of fused-ring (bicyclic) bond motifs is 1. The van der Waals surface area contributed by atoms with Crippen LogP contribution in [0.2, 0.25) is 0 Å². The molecule has 64 valence electrons. The van der Waals surface area contributed by atoms with E-state index in [1.807, 2.05) is 13.3 Å². The fourth-order valence-corrected chi connectivity index (χ4v) is 1.90. The van der Waals surface area contributed by atoms with Gasteiger partial charge in [0.25, 0.3) is 0 Å². The molecule has 0 spiro atoms. The van der Waals surface area contributed by atoms with E-state index in [1.165, 1.54) is 12.0 Å². The van der Waals surface area contributed by atoms with Gasteiger partial charge in [0, 0.05) is 13.3 Å². The van der Waals surface area contributed by atoms with Crippen molar-refractivity contribution in [1.29, 1.82) is 0 Å². The van der Waals surface area contributed by atoms with Gasteiger partial charge in [-0.05, 0) is 42.7 Å². The smallest absolute Gasteiger partial charge is 0.0277 e. The zero-order valence-corrected chi connectivity index (χ0v) is 7.70. The quantitative estimate of drug-likeness (QED) is 0.445. The maximum Gasteiger partial charge on any atom is 0.0277 e. The number of allylic oxidation sites excluding steroid dienone is 4. The van der Waals surface area contributed by atoms with Gasteiger partial charge >= 0.3 is 0 Å². The molecule has 0 amide bonds. The molecule has 0 aromatic heterocycles. The van der Waals surface area contributed by atoms with Gasteiger partial charge in [0.1, 0.15) is 0 Å². The van der Waals surface area contributed by atoms with Crippen LogP contribution >= 0.6 is 0 Å². The molecule has 0 bridgehead atoms. The normalized spacial score (nSPS) is 39.2. The lowest BCUT2D eigenvalue weighted by Crippen LogP contribution is -1.92. The molecule has 0 N–H and O–H groups in total. The van der Waals surface area contributed by atoms with E-state index >= 15 is 0 Å². The van der Waals surface area contributed by atoms with Crippen molar-refractivity contribution >= 4 is 6.21 Å². The van der Waals surface area contributed by atoms with E-state index in [1.54, 1.807) is 0 Å². The lowest BCUT2D eigenvalue weighted by atomic mass is 10.0. The van der Waals surface area contributed by atoms with Crippen LogP contribution < -0.4 is 0 Å². The van der Waals surface area contributed by atoms with Crippen molar-refractivity contribution in [3.8, 4) is 0 Å². The van der Waals surface area contributed by atoms with Crippen LogP contribution in [0, 0.1) is 17.8 Å². The first-order valence-electron chi connectivity index (χ1n) is 4.63. The molecule has 0 aromatic rings. The Hall–Kier alpha value is -0.850. The zero-order chi connectivity index (χ0) is 8.55. The predicted octanol–water partition coefficient (Wildman–Crippen LogP) is 2.46. The Balaban J connectivity index is 2.02. The van der Waals surface area contributed by atoms with E-state index in [-0.39, 0.29) is 0 Å². The van der Waals surface area contributed by atoms with Crippen molar-refractivity contribution in [3.05, 3.63) is 23.8 Å². The van der Waals surface area contributed by atoms with Gasteiger partial charge in [-0.25, -0.2) is 0 Å². The molecule has 2 rings (SSSR count). The molecule has 2 unspecified atom stereocenters. The predicted molar refractivity (Wildman–Crippen MR) is 52.4 cm³/mol. The van der Waals surface area contributed by atoms with E-state index in [2.05, 4.69) is 30.1 Å². The fourth-order valence-electron chi connectivity index (χ4n) is 1.90. The van der Waals surface area contributed by atoms with Crippen molar-refractivity contribution in [2.24, 2.45) is 22.7 Å². The van der Waals surface area contributed by atoms with Crippen LogP contribution in [0.15, 0.2) is 28.8 Å². The van der Waals surface area contributed by atoms with Crippen LogP contribution in [0.1, 0.15) is 13.3 Å². The summed E-state index contributed by atoms with van der Waals surface area (Å²) in [6.07, 6.45) is 9.86. The molecular formula is C11H15N. The molecule has 12 heavy (non-hydrogen) atoms. The molecule has 0 aliphatic heterocycles. The van der Waals surface area contributed by atoms with Crippen LogP contribution in [0.3, 0.4) is 0 Å². The summed E-state index contributed by atoms with van der Waals surface area (Å²) in [5, 5.41) is 0. The summed E-state index contributed by atoms with van der Waals surface area (Å²) in [6.45, 7) is 2.07. The summed E-state index contributed by atoms with van der Waals surface area (Å²) >= 11 is 0. The second-order valence-electron chi connectivity index (χ2n) is 3.66. The van der Waals surface area contributed by atoms with Gasteiger partial charge in [-0.2, -0.15) is 0 Å². The van der Waals surface area contributed by atoms with Crippen LogP contribution in [-0.2, 0) is 0 Å². The monoisotopic (exact) mass is 161 g/mol. The van der Waals surface area contributed by atoms with E-state index in [4.69, 9.17) is 0 Å². The largest absolute Gasteiger partial charge is 0.297 e. The van der Waals surface area contributed by atoms with Crippen molar-refractivity contribution in [1.82, 2.24) is 0 Å². The second-order valence-corrected chi connectivity index (χ2v) is 3.66. The minimum Gasteiger partial charge on any atom is -0.297 e. The topological polar surface area (TPSA) is 12.4 Å². The average Bonchev–Trinajstić information content (AvgIpc) is 2.87. The lowest BCUT2D eigenvalue weighted by Gasteiger charge is -2.02. The van der Waals surface area contributed by atoms with Gasteiger partial charge < -0.3 is 0 Å². The number of hydrogen-bond donors (Lipinski definition) is 0. The zero-order valence-electron chi connectivity index (χ0n) is 7.70. The summed E-state index contributed by atoms with van der Waals surface area (Å²) < 4.78 is 0. The van der Waals surface area contributed by atoms with Crippen LogP contribution in [0.4, 0.5) is 0 Å². The van der Waals surface area contributed by atoms with E-state index in [0.29, 0.717) is 0 Å². The summed E-state index contributed by atoms with van der Waals surface area (Å²) in [7, 11) is 1.82. The third kappa shape index (κ3) is 1.24. The lowest BCUT2D eigenvalue weighted by molar-refractivity contribution is 0.722. The molecule has 2 aliphatic rings. The minimum atomic E-state index is 0.888. The van der Waals surface area contributed by atoms with Gasteiger partial charge in [0.2, 0.25) is 0 Å². The number of aliphatic imine (C=N–C) groups is 1. The Morgan fingerprint density at radius 1 is 1.42 bits per heavy atom. The van der Waals surface area contributed by atoms with Crippen LogP contribution in [-0.4, -0.2) is 13.3 Å². The Labute approximate surface area is 73.9 Å². The Morgan fingerprint density at radius 3 is 2.58 bits per heavy atom. The van der Waals surface area contributed by atoms with Crippen LogP contribution in [0.25, 0.3) is 0 Å². The summed E-state index contributed by atoms with van der Waals surface area (Å²) in [4.78, 5) is 3.97. The van der Waals surface area contributed by atoms with Gasteiger partial charge in [-0.3, -0.25) is 4.99 Å². The first-order valence-corrected chi connectivity index (χ1v) is 4.63. The first-order chi connectivity index (χ1) is 5.88. The molecule has 2 aliphatic carbocycles. The Kier molecular flexibility index (Phi) is 1.87. The number of hydrogen-bond acceptors (Lipinski definition) is 1. The van der Waals surface area contributed by atoms with Crippen molar-refractivity contribution in [2.45, 2.75) is 13.3 Å². The van der Waals surface area contributed by atoms with Crippen LogP contribution in [0.5, 0.6) is 0 Å². The first kappa shape index (κ1) is 7.78. The van der Waals surface area contributed by atoms with Crippen molar-refractivity contribution in [2.75, 3.05) is 7.05 Å². The van der Waals surface area contributed by atoms with Crippen molar-refractivity contribution < 1.29 is 0 Å².